The fraction of sp³-hybridized carbons (Fsp3) is 0.810. The molecule has 1 heterocycles. The van der Waals surface area contributed by atoms with Gasteiger partial charge in [-0.15, -0.1) is 0 Å². The van der Waals surface area contributed by atoms with E-state index < -0.39 is 5.97 Å². The van der Waals surface area contributed by atoms with Crippen LogP contribution in [-0.4, -0.2) is 16.1 Å². The Morgan fingerprint density at radius 1 is 0.720 bits per heavy atom. The van der Waals surface area contributed by atoms with E-state index in [2.05, 4.69) is 15.7 Å². The minimum Gasteiger partial charge on any atom is -0.481 e. The maximum absolute atomic E-state index is 10.4. The molecule has 1 aromatic heterocycles. The molecule has 0 atom stereocenters. The summed E-state index contributed by atoms with van der Waals surface area (Å²) in [7, 11) is 0. The van der Waals surface area contributed by atoms with Crippen LogP contribution in [-0.2, 0) is 11.3 Å². The third-order valence-electron chi connectivity index (χ3n) is 4.91. The van der Waals surface area contributed by atoms with Crippen LogP contribution < -0.4 is 4.57 Å². The number of aliphatic carboxylic acids is 1. The molecule has 0 aliphatic heterocycles. The number of carboxylic acid groups (broad SMARTS) is 1. The number of rotatable bonds is 18. The lowest BCUT2D eigenvalue weighted by Crippen LogP contribution is -2.30. The van der Waals surface area contributed by atoms with Crippen LogP contribution in [0.4, 0.5) is 0 Å². The molecule has 0 radical (unpaired) electrons. The van der Waals surface area contributed by atoms with Crippen LogP contribution in [0.5, 0.6) is 0 Å². The Balaban J connectivity index is 1.67. The van der Waals surface area contributed by atoms with Crippen LogP contribution in [0.2, 0.25) is 0 Å². The van der Waals surface area contributed by atoms with Gasteiger partial charge in [0.2, 0.25) is 6.33 Å². The van der Waals surface area contributed by atoms with E-state index in [0.29, 0.717) is 6.42 Å². The first kappa shape index (κ1) is 21.7. The van der Waals surface area contributed by atoms with Crippen molar-refractivity contribution in [3.63, 3.8) is 0 Å². The Morgan fingerprint density at radius 3 is 1.56 bits per heavy atom. The maximum Gasteiger partial charge on any atom is 0.303 e. The van der Waals surface area contributed by atoms with Gasteiger partial charge >= 0.3 is 5.97 Å². The predicted molar refractivity (Wildman–Crippen MR) is 102 cm³/mol. The second-order valence-corrected chi connectivity index (χ2v) is 7.30. The highest BCUT2D eigenvalue weighted by atomic mass is 16.4. The van der Waals surface area contributed by atoms with E-state index in [1.165, 1.54) is 83.5 Å². The number of carbonyl (C=O) groups is 1. The summed E-state index contributed by atoms with van der Waals surface area (Å²) < 4.78 is 2.22. The third kappa shape index (κ3) is 14.7. The molecule has 4 nitrogen and oxygen atoms in total. The van der Waals surface area contributed by atoms with Crippen molar-refractivity contribution in [3.05, 3.63) is 18.7 Å². The molecule has 0 aromatic carbocycles. The second kappa shape index (κ2) is 16.2. The van der Waals surface area contributed by atoms with E-state index in [1.807, 2.05) is 12.5 Å². The molecule has 0 amide bonds. The quantitative estimate of drug-likeness (QED) is 0.266. The molecule has 144 valence electrons. The van der Waals surface area contributed by atoms with Crippen molar-refractivity contribution in [2.45, 2.75) is 109 Å². The van der Waals surface area contributed by atoms with Gasteiger partial charge in [0.15, 0.2) is 0 Å². The van der Waals surface area contributed by atoms with E-state index in [0.717, 1.165) is 19.4 Å². The number of imidazole rings is 1. The van der Waals surface area contributed by atoms with Crippen LogP contribution in [0.3, 0.4) is 0 Å². The number of aromatic nitrogens is 2. The van der Waals surface area contributed by atoms with E-state index in [4.69, 9.17) is 5.11 Å². The highest BCUT2D eigenvalue weighted by molar-refractivity contribution is 5.66. The summed E-state index contributed by atoms with van der Waals surface area (Å²) in [6.07, 6.45) is 25.9. The number of H-pyrrole nitrogens is 1. The summed E-state index contributed by atoms with van der Waals surface area (Å²) in [5, 5.41) is 8.56. The zero-order valence-electron chi connectivity index (χ0n) is 16.1. The van der Waals surface area contributed by atoms with Crippen molar-refractivity contribution in [1.29, 1.82) is 0 Å². The second-order valence-electron chi connectivity index (χ2n) is 7.30. The largest absolute Gasteiger partial charge is 0.481 e. The van der Waals surface area contributed by atoms with Crippen molar-refractivity contribution in [2.24, 2.45) is 0 Å². The van der Waals surface area contributed by atoms with Crippen LogP contribution in [0, 0.1) is 0 Å². The van der Waals surface area contributed by atoms with E-state index >= 15 is 0 Å². The molecule has 0 spiro atoms. The van der Waals surface area contributed by atoms with Crippen molar-refractivity contribution < 1.29 is 14.5 Å². The Morgan fingerprint density at radius 2 is 1.16 bits per heavy atom. The van der Waals surface area contributed by atoms with Gasteiger partial charge in [0.25, 0.3) is 0 Å². The number of hydrogen-bond donors (Lipinski definition) is 2. The average molecular weight is 352 g/mol. The number of hydrogen-bond acceptors (Lipinski definition) is 1. The van der Waals surface area contributed by atoms with Gasteiger partial charge in [0.05, 0.1) is 6.54 Å². The monoisotopic (exact) mass is 351 g/mol. The Bertz CT molecular complexity index is 404. The Labute approximate surface area is 154 Å². The number of unbranched alkanes of at least 4 members (excludes halogenated alkanes) is 14. The van der Waals surface area contributed by atoms with Gasteiger partial charge in [0, 0.05) is 6.42 Å². The van der Waals surface area contributed by atoms with Gasteiger partial charge in [-0.25, -0.2) is 4.57 Å². The number of aryl methyl sites for hydroxylation is 1. The summed E-state index contributed by atoms with van der Waals surface area (Å²) in [6.45, 7) is 1.14. The maximum atomic E-state index is 10.4. The zero-order valence-corrected chi connectivity index (χ0v) is 16.1. The Kier molecular flexibility index (Phi) is 14.0. The number of nitrogens with one attached hydrogen (secondary N) is 1. The highest BCUT2D eigenvalue weighted by Gasteiger charge is 1.98. The molecule has 4 heteroatoms. The van der Waals surface area contributed by atoms with Gasteiger partial charge in [-0.2, -0.15) is 0 Å². The summed E-state index contributed by atoms with van der Waals surface area (Å²) in [4.78, 5) is 13.5. The van der Waals surface area contributed by atoms with Crippen molar-refractivity contribution in [3.8, 4) is 0 Å². The molecular formula is C21H39N2O2+. The summed E-state index contributed by atoms with van der Waals surface area (Å²) in [5.74, 6) is -0.657. The molecule has 0 fully saturated rings. The SMILES string of the molecule is O=C(O)CCCCCCCCCCCCCCCCC[n+]1cc[nH]c1. The minimum absolute atomic E-state index is 0.339. The van der Waals surface area contributed by atoms with Crippen LogP contribution in [0.25, 0.3) is 0 Å². The van der Waals surface area contributed by atoms with Crippen LogP contribution in [0.1, 0.15) is 103 Å². The van der Waals surface area contributed by atoms with Gasteiger partial charge in [0.1, 0.15) is 12.4 Å². The standard InChI is InChI=1S/C21H38N2O2/c24-21(25)16-14-12-10-8-6-4-2-1-3-5-7-9-11-13-15-18-23-19-17-22-20-23/h17,19-20H,1-16,18H2,(H,24,25)/p+1. The molecule has 1 rings (SSSR count). The molecular weight excluding hydrogens is 312 g/mol. The van der Waals surface area contributed by atoms with Gasteiger partial charge < -0.3 is 5.11 Å². The third-order valence-corrected chi connectivity index (χ3v) is 4.91. The molecule has 0 unspecified atom stereocenters. The molecule has 25 heavy (non-hydrogen) atoms. The van der Waals surface area contributed by atoms with E-state index in [9.17, 15) is 4.79 Å². The molecule has 0 saturated heterocycles. The molecule has 2 N–H and O–H groups in total. The molecule has 0 aliphatic carbocycles. The summed E-state index contributed by atoms with van der Waals surface area (Å²) in [5.41, 5.74) is 0. The predicted octanol–water partition coefficient (Wildman–Crippen LogP) is 5.63. The first-order valence-electron chi connectivity index (χ1n) is 10.5. The van der Waals surface area contributed by atoms with E-state index in [-0.39, 0.29) is 0 Å². The van der Waals surface area contributed by atoms with Crippen molar-refractivity contribution in [1.82, 2.24) is 4.98 Å². The lowest BCUT2D eigenvalue weighted by Gasteiger charge is -2.03. The molecule has 0 saturated carbocycles. The fourth-order valence-electron chi connectivity index (χ4n) is 3.33. The summed E-state index contributed by atoms with van der Waals surface area (Å²) >= 11 is 0. The average Bonchev–Trinajstić information content (AvgIpc) is 3.11. The topological polar surface area (TPSA) is 57.0 Å². The highest BCUT2D eigenvalue weighted by Crippen LogP contribution is 2.13. The lowest BCUT2D eigenvalue weighted by atomic mass is 10.0. The summed E-state index contributed by atoms with van der Waals surface area (Å²) in [6, 6.07) is 0. The molecule has 1 aromatic rings. The Hall–Kier alpha value is -1.32. The van der Waals surface area contributed by atoms with Gasteiger partial charge in [-0.05, 0) is 19.3 Å². The first-order chi connectivity index (χ1) is 12.3. The lowest BCUT2D eigenvalue weighted by molar-refractivity contribution is -0.696. The fourth-order valence-corrected chi connectivity index (χ4v) is 3.33. The van der Waals surface area contributed by atoms with Crippen LogP contribution in [0.15, 0.2) is 18.7 Å². The van der Waals surface area contributed by atoms with Crippen LogP contribution >= 0.6 is 0 Å². The smallest absolute Gasteiger partial charge is 0.303 e. The normalized spacial score (nSPS) is 11.0. The van der Waals surface area contributed by atoms with E-state index in [1.54, 1.807) is 0 Å². The van der Waals surface area contributed by atoms with Gasteiger partial charge in [-0.1, -0.05) is 77.0 Å². The number of carboxylic acids is 1. The zero-order chi connectivity index (χ0) is 18.0. The molecule has 0 bridgehead atoms. The number of aromatic amines is 1. The number of nitrogens with zero attached hydrogens (tertiary/aromatic N) is 1. The first-order valence-corrected chi connectivity index (χ1v) is 10.5. The minimum atomic E-state index is -0.657. The van der Waals surface area contributed by atoms with Crippen molar-refractivity contribution >= 4 is 5.97 Å². The molecule has 0 aliphatic rings. The van der Waals surface area contributed by atoms with Crippen molar-refractivity contribution in [2.75, 3.05) is 0 Å². The van der Waals surface area contributed by atoms with Gasteiger partial charge in [-0.3, -0.25) is 9.78 Å².